The van der Waals surface area contributed by atoms with Crippen LogP contribution in [0.1, 0.15) is 58.4 Å². The standard InChI is InChI=1S/C35H45N7O5.2H2/c36-32(43)24-8-6-23(7-9-24)22-38-35(46)39-27-10-11-29(28(21-27)40-33(44)31-20-26-4-1-2-5-30(26)47-31)41-16-3-17-42(19-18-41)34(45)25-12-14-37-15-13-25;;/h1-2,4-5,10-11,20-21,23-25,37H,3,6-9,12-19,22H2,(H2,36,43)(H,40,44)(H2,38,39,46);2*1H. The Balaban J connectivity index is 0.00000270. The number of anilines is 3. The third kappa shape index (κ3) is 8.05. The van der Waals surface area contributed by atoms with Crippen molar-refractivity contribution in [3.63, 3.8) is 0 Å². The molecule has 0 atom stereocenters. The Kier molecular flexibility index (Phi) is 10.3. The van der Waals surface area contributed by atoms with Crippen LogP contribution in [-0.2, 0) is 9.59 Å². The second-order valence-corrected chi connectivity index (χ2v) is 13.0. The van der Waals surface area contributed by atoms with Gasteiger partial charge in [0.1, 0.15) is 5.58 Å². The highest BCUT2D eigenvalue weighted by Gasteiger charge is 2.29. The van der Waals surface area contributed by atoms with Gasteiger partial charge in [-0.3, -0.25) is 14.4 Å². The van der Waals surface area contributed by atoms with Crippen LogP contribution in [0.25, 0.3) is 11.0 Å². The highest BCUT2D eigenvalue weighted by molar-refractivity contribution is 6.07. The van der Waals surface area contributed by atoms with Gasteiger partial charge in [0.25, 0.3) is 5.91 Å². The largest absolute Gasteiger partial charge is 0.451 e. The van der Waals surface area contributed by atoms with Crippen molar-refractivity contribution < 1.29 is 26.4 Å². The van der Waals surface area contributed by atoms with Crippen LogP contribution in [0.4, 0.5) is 21.9 Å². The van der Waals surface area contributed by atoms with Gasteiger partial charge < -0.3 is 41.2 Å². The second-order valence-electron chi connectivity index (χ2n) is 13.0. The van der Waals surface area contributed by atoms with E-state index in [2.05, 4.69) is 26.2 Å². The molecule has 2 aliphatic heterocycles. The highest BCUT2D eigenvalue weighted by atomic mass is 16.3. The molecule has 0 spiro atoms. The lowest BCUT2D eigenvalue weighted by Crippen LogP contribution is -2.42. The first-order chi connectivity index (χ1) is 22.8. The molecule has 3 fully saturated rings. The molecule has 6 rings (SSSR count). The van der Waals surface area contributed by atoms with E-state index in [1.165, 1.54) is 0 Å². The predicted molar refractivity (Wildman–Crippen MR) is 186 cm³/mol. The van der Waals surface area contributed by atoms with Crippen molar-refractivity contribution >= 4 is 51.8 Å². The number of amides is 5. The van der Waals surface area contributed by atoms with Gasteiger partial charge in [-0.25, -0.2) is 4.79 Å². The minimum atomic E-state index is -0.395. The SMILES string of the molecule is NC(=O)C1CCC(CNC(=O)Nc2ccc(N3CCCN(C(=O)C4CCNCC4)CC3)c(NC(=O)c3cc4ccccc4o3)c2)CC1.[HH].[HH]. The normalized spacial score (nSPS) is 20.8. The zero-order valence-electron chi connectivity index (χ0n) is 26.8. The lowest BCUT2D eigenvalue weighted by Gasteiger charge is -2.29. The van der Waals surface area contributed by atoms with Crippen molar-refractivity contribution in [3.8, 4) is 0 Å². The molecule has 3 aliphatic rings. The number of piperidine rings is 1. The lowest BCUT2D eigenvalue weighted by molar-refractivity contribution is -0.136. The zero-order chi connectivity index (χ0) is 32.8. The number of carbonyl (C=O) groups excluding carboxylic acids is 4. The summed E-state index contributed by atoms with van der Waals surface area (Å²) in [6, 6.07) is 14.3. The summed E-state index contributed by atoms with van der Waals surface area (Å²) in [7, 11) is 0. The Bertz CT molecular complexity index is 1570. The van der Waals surface area contributed by atoms with Gasteiger partial charge in [-0.15, -0.1) is 0 Å². The molecule has 3 aromatic rings. The first-order valence-corrected chi connectivity index (χ1v) is 16.9. The number of furan rings is 1. The fourth-order valence-corrected chi connectivity index (χ4v) is 7.04. The van der Waals surface area contributed by atoms with Gasteiger partial charge in [-0.05, 0) is 94.3 Å². The summed E-state index contributed by atoms with van der Waals surface area (Å²) >= 11 is 0. The van der Waals surface area contributed by atoms with Crippen molar-refractivity contribution in [2.24, 2.45) is 23.5 Å². The van der Waals surface area contributed by atoms with Crippen LogP contribution in [0, 0.1) is 17.8 Å². The fraction of sp³-hybridized carbons (Fsp3) is 0.486. The van der Waals surface area contributed by atoms with E-state index >= 15 is 0 Å². The maximum absolute atomic E-state index is 13.5. The summed E-state index contributed by atoms with van der Waals surface area (Å²) in [5.74, 6) is 0.0723. The molecule has 1 aliphatic carbocycles. The van der Waals surface area contributed by atoms with Crippen molar-refractivity contribution in [1.29, 1.82) is 0 Å². The zero-order valence-corrected chi connectivity index (χ0v) is 26.8. The van der Waals surface area contributed by atoms with E-state index in [0.717, 1.165) is 75.7 Å². The number of nitrogens with zero attached hydrogens (tertiary/aromatic N) is 2. The van der Waals surface area contributed by atoms with Crippen LogP contribution in [0.5, 0.6) is 0 Å². The Hall–Kier alpha value is -4.58. The number of nitrogens with two attached hydrogens (primary N) is 1. The monoisotopic (exact) mass is 647 g/mol. The fourth-order valence-electron chi connectivity index (χ4n) is 7.04. The molecule has 12 nitrogen and oxygen atoms in total. The molecular weight excluding hydrogens is 598 g/mol. The van der Waals surface area contributed by atoms with Gasteiger partial charge in [0.05, 0.1) is 11.4 Å². The maximum atomic E-state index is 13.5. The number of nitrogens with one attached hydrogen (secondary N) is 4. The first-order valence-electron chi connectivity index (χ1n) is 16.9. The van der Waals surface area contributed by atoms with Crippen molar-refractivity contribution in [2.75, 3.05) is 61.3 Å². The lowest BCUT2D eigenvalue weighted by atomic mass is 9.82. The number of hydrogen-bond acceptors (Lipinski definition) is 7. The summed E-state index contributed by atoms with van der Waals surface area (Å²) in [6.45, 7) is 4.89. The van der Waals surface area contributed by atoms with Crippen LogP contribution in [0.15, 0.2) is 52.9 Å². The third-order valence-corrected chi connectivity index (χ3v) is 9.79. The molecule has 0 radical (unpaired) electrons. The summed E-state index contributed by atoms with van der Waals surface area (Å²) in [5, 5.41) is 13.1. The van der Waals surface area contributed by atoms with Crippen molar-refractivity contribution in [1.82, 2.24) is 15.5 Å². The molecule has 2 saturated heterocycles. The van der Waals surface area contributed by atoms with Crippen LogP contribution < -0.4 is 31.9 Å². The molecule has 2 aromatic carbocycles. The summed E-state index contributed by atoms with van der Waals surface area (Å²) in [4.78, 5) is 55.3. The number of urea groups is 1. The van der Waals surface area contributed by atoms with Gasteiger partial charge in [0.15, 0.2) is 5.76 Å². The van der Waals surface area contributed by atoms with E-state index in [-0.39, 0.29) is 38.3 Å². The van der Waals surface area contributed by atoms with Crippen LogP contribution >= 0.6 is 0 Å². The molecule has 1 saturated carbocycles. The molecular formula is C35H49N7O5. The predicted octanol–water partition coefficient (Wildman–Crippen LogP) is 4.63. The van der Waals surface area contributed by atoms with E-state index in [4.69, 9.17) is 10.2 Å². The molecule has 3 heterocycles. The highest BCUT2D eigenvalue weighted by Crippen LogP contribution is 2.32. The first kappa shape index (κ1) is 32.4. The van der Waals surface area contributed by atoms with Crippen LogP contribution in [-0.4, -0.2) is 74.5 Å². The molecule has 5 amide bonds. The van der Waals surface area contributed by atoms with Crippen LogP contribution in [0.3, 0.4) is 0 Å². The molecule has 0 unspecified atom stereocenters. The molecule has 6 N–H and O–H groups in total. The smallest absolute Gasteiger partial charge is 0.319 e. The van der Waals surface area contributed by atoms with Gasteiger partial charge in [-0.2, -0.15) is 0 Å². The molecule has 12 heteroatoms. The van der Waals surface area contributed by atoms with E-state index in [9.17, 15) is 19.2 Å². The third-order valence-electron chi connectivity index (χ3n) is 9.79. The average Bonchev–Trinajstić information content (AvgIpc) is 3.39. The molecule has 0 bridgehead atoms. The van der Waals surface area contributed by atoms with E-state index in [0.29, 0.717) is 49.1 Å². The Morgan fingerprint density at radius 2 is 1.66 bits per heavy atom. The average molecular weight is 648 g/mol. The van der Waals surface area contributed by atoms with Gasteiger partial charge in [0.2, 0.25) is 11.8 Å². The van der Waals surface area contributed by atoms with Crippen molar-refractivity contribution in [3.05, 3.63) is 54.3 Å². The van der Waals surface area contributed by atoms with Gasteiger partial charge >= 0.3 is 6.03 Å². The maximum Gasteiger partial charge on any atom is 0.319 e. The molecule has 47 heavy (non-hydrogen) atoms. The van der Waals surface area contributed by atoms with Crippen LogP contribution in [0.2, 0.25) is 0 Å². The number of carbonyl (C=O) groups is 4. The summed E-state index contributed by atoms with van der Waals surface area (Å²) in [6.07, 6.45) is 5.73. The van der Waals surface area contributed by atoms with Gasteiger partial charge in [-0.1, -0.05) is 18.2 Å². The number of rotatable bonds is 8. The Labute approximate surface area is 277 Å². The quantitative estimate of drug-likeness (QED) is 0.238. The molecule has 254 valence electrons. The second kappa shape index (κ2) is 14.9. The minimum Gasteiger partial charge on any atom is -0.451 e. The number of para-hydroxylation sites is 1. The van der Waals surface area contributed by atoms with E-state index in [1.54, 1.807) is 12.1 Å². The topological polar surface area (TPSA) is 162 Å². The number of benzene rings is 2. The number of fused-ring (bicyclic) bond motifs is 1. The number of hydrogen-bond donors (Lipinski definition) is 5. The van der Waals surface area contributed by atoms with Gasteiger partial charge in [0, 0.05) is 58.5 Å². The minimum absolute atomic E-state index is 0. The molecule has 1 aromatic heterocycles. The number of primary amides is 1. The van der Waals surface area contributed by atoms with E-state index in [1.807, 2.05) is 41.3 Å². The summed E-state index contributed by atoms with van der Waals surface area (Å²) in [5.41, 5.74) is 7.95. The summed E-state index contributed by atoms with van der Waals surface area (Å²) < 4.78 is 5.83. The van der Waals surface area contributed by atoms with Crippen molar-refractivity contribution in [2.45, 2.75) is 44.9 Å². The van der Waals surface area contributed by atoms with E-state index < -0.39 is 5.91 Å². The Morgan fingerprint density at radius 1 is 0.872 bits per heavy atom. The Morgan fingerprint density at radius 3 is 2.43 bits per heavy atom.